The van der Waals surface area contributed by atoms with Crippen molar-refractivity contribution < 1.29 is 4.79 Å². The molecule has 1 rings (SSSR count). The van der Waals surface area contributed by atoms with E-state index in [1.807, 2.05) is 0 Å². The molecule has 0 heterocycles. The summed E-state index contributed by atoms with van der Waals surface area (Å²) in [5.74, 6) is 0.181. The van der Waals surface area contributed by atoms with Gasteiger partial charge in [0, 0.05) is 12.6 Å². The molecule has 1 fully saturated rings. The standard InChI is InChI=1S/C15H30N2O/c1-3-15(4-2,12-16)14(18)17-13-10-8-6-5-7-9-11-13/h13H,3-12,16H2,1-2H3,(H,17,18). The van der Waals surface area contributed by atoms with Gasteiger partial charge < -0.3 is 11.1 Å². The Morgan fingerprint density at radius 3 is 2.06 bits per heavy atom. The number of hydrogen-bond acceptors (Lipinski definition) is 2. The molecular formula is C15H30N2O. The fourth-order valence-electron chi connectivity index (χ4n) is 2.89. The zero-order chi connectivity index (χ0) is 13.4. The molecule has 0 atom stereocenters. The minimum absolute atomic E-state index is 0.181. The van der Waals surface area contributed by atoms with Gasteiger partial charge >= 0.3 is 0 Å². The molecule has 0 aromatic heterocycles. The predicted octanol–water partition coefficient (Wildman–Crippen LogP) is 2.98. The van der Waals surface area contributed by atoms with Crippen molar-refractivity contribution in [1.82, 2.24) is 5.32 Å². The van der Waals surface area contributed by atoms with E-state index in [2.05, 4.69) is 19.2 Å². The Kier molecular flexibility index (Phi) is 6.69. The zero-order valence-electron chi connectivity index (χ0n) is 12.1. The summed E-state index contributed by atoms with van der Waals surface area (Å²) in [6, 6.07) is 0.377. The monoisotopic (exact) mass is 254 g/mol. The third kappa shape index (κ3) is 3.98. The van der Waals surface area contributed by atoms with Gasteiger partial charge in [0.05, 0.1) is 5.41 Å². The molecule has 0 aromatic rings. The quantitative estimate of drug-likeness (QED) is 0.792. The Bertz CT molecular complexity index is 233. The molecule has 1 saturated carbocycles. The lowest BCUT2D eigenvalue weighted by Gasteiger charge is -2.31. The summed E-state index contributed by atoms with van der Waals surface area (Å²) in [7, 11) is 0. The van der Waals surface area contributed by atoms with E-state index in [0.29, 0.717) is 12.6 Å². The number of nitrogens with one attached hydrogen (secondary N) is 1. The van der Waals surface area contributed by atoms with Crippen molar-refractivity contribution in [1.29, 1.82) is 0 Å². The first-order chi connectivity index (χ1) is 8.68. The largest absolute Gasteiger partial charge is 0.353 e. The smallest absolute Gasteiger partial charge is 0.227 e. The van der Waals surface area contributed by atoms with Gasteiger partial charge in [-0.25, -0.2) is 0 Å². The maximum absolute atomic E-state index is 12.4. The molecular weight excluding hydrogens is 224 g/mol. The third-order valence-corrected chi connectivity index (χ3v) is 4.67. The lowest BCUT2D eigenvalue weighted by Crippen LogP contribution is -2.48. The minimum Gasteiger partial charge on any atom is -0.353 e. The van der Waals surface area contributed by atoms with Crippen LogP contribution >= 0.6 is 0 Å². The molecule has 0 radical (unpaired) electrons. The van der Waals surface area contributed by atoms with Crippen LogP contribution in [0.2, 0.25) is 0 Å². The first-order valence-corrected chi connectivity index (χ1v) is 7.69. The van der Waals surface area contributed by atoms with Crippen molar-refractivity contribution >= 4 is 5.91 Å². The van der Waals surface area contributed by atoms with Crippen LogP contribution in [0, 0.1) is 5.41 Å². The summed E-state index contributed by atoms with van der Waals surface area (Å²) in [6.07, 6.45) is 10.4. The molecule has 3 nitrogen and oxygen atoms in total. The van der Waals surface area contributed by atoms with Gasteiger partial charge in [-0.2, -0.15) is 0 Å². The second-order valence-electron chi connectivity index (χ2n) is 5.71. The molecule has 0 aliphatic heterocycles. The second kappa shape index (κ2) is 7.78. The van der Waals surface area contributed by atoms with Crippen LogP contribution in [0.15, 0.2) is 0 Å². The number of amides is 1. The van der Waals surface area contributed by atoms with Crippen LogP contribution in [0.1, 0.15) is 71.6 Å². The molecule has 0 spiro atoms. The van der Waals surface area contributed by atoms with Crippen LogP contribution in [0.5, 0.6) is 0 Å². The van der Waals surface area contributed by atoms with Gasteiger partial charge in [0.2, 0.25) is 5.91 Å². The Balaban J connectivity index is 2.55. The number of carbonyl (C=O) groups excluding carboxylic acids is 1. The predicted molar refractivity (Wildman–Crippen MR) is 76.3 cm³/mol. The van der Waals surface area contributed by atoms with Crippen LogP contribution < -0.4 is 11.1 Å². The Labute approximate surface area is 112 Å². The minimum atomic E-state index is -0.345. The van der Waals surface area contributed by atoms with Crippen molar-refractivity contribution in [2.45, 2.75) is 77.7 Å². The summed E-state index contributed by atoms with van der Waals surface area (Å²) in [4.78, 5) is 12.4. The van der Waals surface area contributed by atoms with Gasteiger partial charge in [-0.3, -0.25) is 4.79 Å². The van der Waals surface area contributed by atoms with Crippen LogP contribution in [0.3, 0.4) is 0 Å². The molecule has 0 unspecified atom stereocenters. The molecule has 1 aliphatic carbocycles. The molecule has 0 bridgehead atoms. The Morgan fingerprint density at radius 2 is 1.61 bits per heavy atom. The van der Waals surface area contributed by atoms with E-state index in [1.165, 1.54) is 32.1 Å². The van der Waals surface area contributed by atoms with Crippen LogP contribution in [-0.4, -0.2) is 18.5 Å². The summed E-state index contributed by atoms with van der Waals surface area (Å²) in [5.41, 5.74) is 5.48. The first-order valence-electron chi connectivity index (χ1n) is 7.69. The topological polar surface area (TPSA) is 55.1 Å². The van der Waals surface area contributed by atoms with Gasteiger partial charge in [-0.1, -0.05) is 46.0 Å². The van der Waals surface area contributed by atoms with E-state index in [9.17, 15) is 4.79 Å². The Hall–Kier alpha value is -0.570. The summed E-state index contributed by atoms with van der Waals surface area (Å²) in [5, 5.41) is 3.26. The van der Waals surface area contributed by atoms with E-state index >= 15 is 0 Å². The van der Waals surface area contributed by atoms with Crippen LogP contribution in [0.4, 0.5) is 0 Å². The molecule has 106 valence electrons. The van der Waals surface area contributed by atoms with Crippen molar-refractivity contribution in [3.8, 4) is 0 Å². The highest BCUT2D eigenvalue weighted by Gasteiger charge is 2.34. The summed E-state index contributed by atoms with van der Waals surface area (Å²) >= 11 is 0. The van der Waals surface area contributed by atoms with Gasteiger partial charge in [0.25, 0.3) is 0 Å². The van der Waals surface area contributed by atoms with Crippen molar-refractivity contribution in [2.24, 2.45) is 11.1 Å². The fraction of sp³-hybridized carbons (Fsp3) is 0.933. The maximum atomic E-state index is 12.4. The number of rotatable bonds is 5. The highest BCUT2D eigenvalue weighted by molar-refractivity contribution is 5.83. The highest BCUT2D eigenvalue weighted by Crippen LogP contribution is 2.26. The Morgan fingerprint density at radius 1 is 1.11 bits per heavy atom. The van der Waals surface area contributed by atoms with E-state index < -0.39 is 0 Å². The van der Waals surface area contributed by atoms with E-state index in [1.54, 1.807) is 0 Å². The maximum Gasteiger partial charge on any atom is 0.227 e. The summed E-state index contributed by atoms with van der Waals surface area (Å²) < 4.78 is 0. The lowest BCUT2D eigenvalue weighted by atomic mass is 9.81. The molecule has 18 heavy (non-hydrogen) atoms. The number of hydrogen-bond donors (Lipinski definition) is 2. The lowest BCUT2D eigenvalue weighted by molar-refractivity contribution is -0.131. The summed E-state index contributed by atoms with van der Waals surface area (Å²) in [6.45, 7) is 4.58. The molecule has 3 heteroatoms. The van der Waals surface area contributed by atoms with Crippen molar-refractivity contribution in [3.63, 3.8) is 0 Å². The van der Waals surface area contributed by atoms with Crippen LogP contribution in [0.25, 0.3) is 0 Å². The molecule has 0 aromatic carbocycles. The normalized spacial score (nSPS) is 19.1. The van der Waals surface area contributed by atoms with Gasteiger partial charge in [-0.05, 0) is 25.7 Å². The van der Waals surface area contributed by atoms with E-state index in [4.69, 9.17) is 5.73 Å². The number of nitrogens with two attached hydrogens (primary N) is 1. The second-order valence-corrected chi connectivity index (χ2v) is 5.71. The van der Waals surface area contributed by atoms with Crippen molar-refractivity contribution in [2.75, 3.05) is 6.54 Å². The average molecular weight is 254 g/mol. The van der Waals surface area contributed by atoms with E-state index in [-0.39, 0.29) is 11.3 Å². The van der Waals surface area contributed by atoms with Crippen molar-refractivity contribution in [3.05, 3.63) is 0 Å². The van der Waals surface area contributed by atoms with Gasteiger partial charge in [0.15, 0.2) is 0 Å². The third-order valence-electron chi connectivity index (χ3n) is 4.67. The molecule has 1 aliphatic rings. The van der Waals surface area contributed by atoms with Gasteiger partial charge in [0.1, 0.15) is 0 Å². The molecule has 3 N–H and O–H groups in total. The SMILES string of the molecule is CCC(CC)(CN)C(=O)NC1CCCCCCC1. The highest BCUT2D eigenvalue weighted by atomic mass is 16.2. The fourth-order valence-corrected chi connectivity index (χ4v) is 2.89. The molecule has 0 saturated heterocycles. The zero-order valence-corrected chi connectivity index (χ0v) is 12.1. The van der Waals surface area contributed by atoms with E-state index in [0.717, 1.165) is 25.7 Å². The van der Waals surface area contributed by atoms with Crippen LogP contribution in [-0.2, 0) is 4.79 Å². The van der Waals surface area contributed by atoms with Gasteiger partial charge in [-0.15, -0.1) is 0 Å². The molecule has 1 amide bonds. The first kappa shape index (κ1) is 15.5. The number of carbonyl (C=O) groups is 1. The average Bonchev–Trinajstić information content (AvgIpc) is 2.35.